The van der Waals surface area contributed by atoms with Crippen molar-refractivity contribution in [2.45, 2.75) is 24.3 Å². The van der Waals surface area contributed by atoms with Gasteiger partial charge in [0.1, 0.15) is 0 Å². The van der Waals surface area contributed by atoms with Gasteiger partial charge in [0.2, 0.25) is 10.0 Å². The van der Waals surface area contributed by atoms with Crippen molar-refractivity contribution in [1.29, 1.82) is 0 Å². The molecule has 0 aliphatic heterocycles. The minimum atomic E-state index is -3.58. The van der Waals surface area contributed by atoms with Gasteiger partial charge in [0.05, 0.1) is 22.3 Å². The van der Waals surface area contributed by atoms with E-state index in [0.29, 0.717) is 6.54 Å². The largest absolute Gasteiger partial charge is 0.345 e. The summed E-state index contributed by atoms with van der Waals surface area (Å²) in [5, 5.41) is 5.08. The summed E-state index contributed by atoms with van der Waals surface area (Å²) in [4.78, 5) is 11.7. The predicted molar refractivity (Wildman–Crippen MR) is 121 cm³/mol. The average molecular weight is 446 g/mol. The van der Waals surface area contributed by atoms with Gasteiger partial charge in [-0.05, 0) is 61.2 Å². The van der Waals surface area contributed by atoms with Crippen molar-refractivity contribution < 1.29 is 8.42 Å². The summed E-state index contributed by atoms with van der Waals surface area (Å²) in [7, 11) is -3.58. The Morgan fingerprint density at radius 2 is 1.97 bits per heavy atom. The molecule has 0 fully saturated rings. The molecule has 0 bridgehead atoms. The highest BCUT2D eigenvalue weighted by Crippen LogP contribution is 2.18. The zero-order chi connectivity index (χ0) is 20.3. The first kappa shape index (κ1) is 22.2. The molecule has 0 aliphatic carbocycles. The van der Waals surface area contributed by atoms with Crippen LogP contribution in [0.3, 0.4) is 0 Å². The summed E-state index contributed by atoms with van der Waals surface area (Å²) >= 11 is 0. The van der Waals surface area contributed by atoms with Gasteiger partial charge in [0, 0.05) is 30.4 Å². The minimum Gasteiger partial charge on any atom is -0.345 e. The van der Waals surface area contributed by atoms with E-state index in [4.69, 9.17) is 0 Å². The Kier molecular flexibility index (Phi) is 7.04. The first-order valence-electron chi connectivity index (χ1n) is 9.50. The van der Waals surface area contributed by atoms with Gasteiger partial charge in [0.15, 0.2) is 0 Å². The molecule has 0 radical (unpaired) electrons. The monoisotopic (exact) mass is 445 g/mol. The molecule has 0 aliphatic rings. The number of hydrogen-bond donors (Lipinski definition) is 3. The van der Waals surface area contributed by atoms with Crippen LogP contribution in [0.2, 0.25) is 0 Å². The van der Waals surface area contributed by atoms with E-state index in [0.717, 1.165) is 34.8 Å². The van der Waals surface area contributed by atoms with Crippen molar-refractivity contribution in [3.05, 3.63) is 66.7 Å². The molecule has 9 heteroatoms. The van der Waals surface area contributed by atoms with E-state index >= 15 is 0 Å². The second-order valence-corrected chi connectivity index (χ2v) is 8.83. The molecule has 158 valence electrons. The molecule has 4 aromatic rings. The number of pyridine rings is 1. The number of nitrogens with zero attached hydrogens (tertiary/aromatic N) is 2. The van der Waals surface area contributed by atoms with Crippen molar-refractivity contribution in [3.8, 4) is 0 Å². The Bertz CT molecular complexity index is 1240. The average Bonchev–Trinajstić information content (AvgIpc) is 3.18. The van der Waals surface area contributed by atoms with Gasteiger partial charge >= 0.3 is 0 Å². The van der Waals surface area contributed by atoms with E-state index in [2.05, 4.69) is 37.1 Å². The Morgan fingerprint density at radius 1 is 1.10 bits per heavy atom. The van der Waals surface area contributed by atoms with Gasteiger partial charge < -0.3 is 10.3 Å². The third kappa shape index (κ3) is 5.14. The van der Waals surface area contributed by atoms with Gasteiger partial charge in [-0.15, -0.1) is 12.4 Å². The smallest absolute Gasteiger partial charge is 0.240 e. The van der Waals surface area contributed by atoms with E-state index in [1.54, 1.807) is 43.0 Å². The fourth-order valence-electron chi connectivity index (χ4n) is 3.29. The van der Waals surface area contributed by atoms with Gasteiger partial charge in [-0.1, -0.05) is 12.1 Å². The third-order valence-electron chi connectivity index (χ3n) is 4.81. The number of nitrogens with one attached hydrogen (secondary N) is 3. The van der Waals surface area contributed by atoms with Crippen molar-refractivity contribution in [3.63, 3.8) is 0 Å². The van der Waals surface area contributed by atoms with Crippen molar-refractivity contribution in [2.75, 3.05) is 13.1 Å². The van der Waals surface area contributed by atoms with Crippen LogP contribution in [0.15, 0.2) is 66.1 Å². The predicted octanol–water partition coefficient (Wildman–Crippen LogP) is 3.03. The van der Waals surface area contributed by atoms with Crippen LogP contribution in [0, 0.1) is 0 Å². The molecule has 0 spiro atoms. The van der Waals surface area contributed by atoms with E-state index in [1.165, 1.54) is 5.56 Å². The van der Waals surface area contributed by atoms with Crippen LogP contribution in [-0.4, -0.2) is 42.5 Å². The van der Waals surface area contributed by atoms with Crippen molar-refractivity contribution >= 4 is 44.2 Å². The highest BCUT2D eigenvalue weighted by Gasteiger charge is 2.17. The van der Waals surface area contributed by atoms with E-state index in [1.807, 2.05) is 13.0 Å². The Hall–Kier alpha value is -2.52. The third-order valence-corrected chi connectivity index (χ3v) is 6.39. The number of hydrogen-bond acceptors (Lipinski definition) is 5. The highest BCUT2D eigenvalue weighted by atomic mass is 35.5. The number of aromatic amines is 1. The lowest BCUT2D eigenvalue weighted by Crippen LogP contribution is -2.40. The lowest BCUT2D eigenvalue weighted by Gasteiger charge is -2.15. The molecule has 3 N–H and O–H groups in total. The number of imidazole rings is 1. The van der Waals surface area contributed by atoms with Gasteiger partial charge in [-0.2, -0.15) is 0 Å². The zero-order valence-corrected chi connectivity index (χ0v) is 18.1. The maximum atomic E-state index is 12.7. The number of sulfonamides is 1. The number of H-pyrrole nitrogens is 1. The standard InChI is InChI=1S/C21H23N5O2S.ClH/c1-15(12-22-8-6-16-2-5-20-21(10-16)25-14-24-20)26-29(27,28)19-4-3-18-13-23-9-7-17(18)11-19;/h2-5,7,9-11,13-15,22,26H,6,8,12H2,1H3,(H,24,25);1H. The molecular formula is C21H24ClN5O2S. The number of rotatable bonds is 8. The highest BCUT2D eigenvalue weighted by molar-refractivity contribution is 7.89. The molecule has 0 saturated carbocycles. The summed E-state index contributed by atoms with van der Waals surface area (Å²) in [5.41, 5.74) is 3.17. The van der Waals surface area contributed by atoms with Gasteiger partial charge in [-0.25, -0.2) is 18.1 Å². The zero-order valence-electron chi connectivity index (χ0n) is 16.5. The SMILES string of the molecule is CC(CNCCc1ccc2[nH]cnc2c1)NS(=O)(=O)c1ccc2cnccc2c1.Cl. The first-order chi connectivity index (χ1) is 14.0. The lowest BCUT2D eigenvalue weighted by atomic mass is 10.1. The quantitative estimate of drug-likeness (QED) is 0.362. The van der Waals surface area contributed by atoms with Crippen molar-refractivity contribution in [2.24, 2.45) is 0 Å². The molecule has 0 saturated heterocycles. The van der Waals surface area contributed by atoms with Crippen LogP contribution in [0.4, 0.5) is 0 Å². The second kappa shape index (κ2) is 9.53. The Balaban J connectivity index is 0.00000256. The first-order valence-corrected chi connectivity index (χ1v) is 11.0. The summed E-state index contributed by atoms with van der Waals surface area (Å²) in [6.45, 7) is 3.15. The number of benzene rings is 2. The molecule has 2 aromatic heterocycles. The normalized spacial score (nSPS) is 12.7. The maximum Gasteiger partial charge on any atom is 0.240 e. The molecule has 1 unspecified atom stereocenters. The molecule has 2 aromatic carbocycles. The molecule has 4 rings (SSSR count). The lowest BCUT2D eigenvalue weighted by molar-refractivity contribution is 0.537. The van der Waals surface area contributed by atoms with Crippen LogP contribution in [0.5, 0.6) is 0 Å². The van der Waals surface area contributed by atoms with Gasteiger partial charge in [-0.3, -0.25) is 4.98 Å². The number of aromatic nitrogens is 3. The summed E-state index contributed by atoms with van der Waals surface area (Å²) < 4.78 is 28.1. The number of fused-ring (bicyclic) bond motifs is 2. The van der Waals surface area contributed by atoms with Crippen LogP contribution < -0.4 is 10.0 Å². The molecule has 7 nitrogen and oxygen atoms in total. The van der Waals surface area contributed by atoms with Crippen LogP contribution in [0.25, 0.3) is 21.8 Å². The Morgan fingerprint density at radius 3 is 2.83 bits per heavy atom. The molecule has 30 heavy (non-hydrogen) atoms. The second-order valence-electron chi connectivity index (χ2n) is 7.12. The van der Waals surface area contributed by atoms with E-state index in [-0.39, 0.29) is 23.3 Å². The fourth-order valence-corrected chi connectivity index (χ4v) is 4.57. The Labute approximate surface area is 181 Å². The molecule has 2 heterocycles. The summed E-state index contributed by atoms with van der Waals surface area (Å²) in [6.07, 6.45) is 5.91. The topological polar surface area (TPSA) is 99.8 Å². The fraction of sp³-hybridized carbons (Fsp3) is 0.238. The maximum absolute atomic E-state index is 12.7. The number of halogens is 1. The van der Waals surface area contributed by atoms with E-state index in [9.17, 15) is 8.42 Å². The molecule has 0 amide bonds. The van der Waals surface area contributed by atoms with Crippen LogP contribution in [0.1, 0.15) is 12.5 Å². The van der Waals surface area contributed by atoms with E-state index < -0.39 is 10.0 Å². The van der Waals surface area contributed by atoms with Crippen molar-refractivity contribution in [1.82, 2.24) is 25.0 Å². The summed E-state index contributed by atoms with van der Waals surface area (Å²) in [6, 6.07) is 12.8. The molecular weight excluding hydrogens is 422 g/mol. The summed E-state index contributed by atoms with van der Waals surface area (Å²) in [5.74, 6) is 0. The van der Waals surface area contributed by atoms with Gasteiger partial charge in [0.25, 0.3) is 0 Å². The minimum absolute atomic E-state index is 0. The molecule has 1 atom stereocenters. The van der Waals surface area contributed by atoms with Crippen LogP contribution >= 0.6 is 12.4 Å². The van der Waals surface area contributed by atoms with Crippen LogP contribution in [-0.2, 0) is 16.4 Å².